The van der Waals surface area contributed by atoms with Gasteiger partial charge in [0.05, 0.1) is 18.1 Å². The molecule has 8 heteroatoms. The molecular formula is C13H18N2O6. The van der Waals surface area contributed by atoms with Crippen molar-refractivity contribution in [2.24, 2.45) is 0 Å². The van der Waals surface area contributed by atoms with Crippen molar-refractivity contribution in [3.63, 3.8) is 0 Å². The van der Waals surface area contributed by atoms with Crippen molar-refractivity contribution in [1.29, 1.82) is 0 Å². The first-order chi connectivity index (χ1) is 9.96. The Bertz CT molecular complexity index is 515. The summed E-state index contributed by atoms with van der Waals surface area (Å²) >= 11 is 0. The van der Waals surface area contributed by atoms with Gasteiger partial charge in [0.2, 0.25) is 0 Å². The topological polar surface area (TPSA) is 99.9 Å². The highest BCUT2D eigenvalue weighted by Crippen LogP contribution is 2.30. The van der Waals surface area contributed by atoms with Gasteiger partial charge in [0.1, 0.15) is 5.56 Å². The number of hydrogen-bond donors (Lipinski definition) is 1. The molecule has 0 aliphatic rings. The third-order valence-corrected chi connectivity index (χ3v) is 2.88. The molecule has 0 saturated carbocycles. The molecule has 1 aromatic rings. The normalized spacial score (nSPS) is 12.0. The van der Waals surface area contributed by atoms with Gasteiger partial charge in [0.25, 0.3) is 5.91 Å². The Balaban J connectivity index is 3.05. The molecule has 0 heterocycles. The molecule has 1 amide bonds. The first-order valence-corrected chi connectivity index (χ1v) is 6.14. The molecule has 0 bridgehead atoms. The number of carbonyl (C=O) groups excluding carboxylic acids is 1. The summed E-state index contributed by atoms with van der Waals surface area (Å²) in [6, 6.07) is 3.80. The number of amides is 1. The fourth-order valence-corrected chi connectivity index (χ4v) is 1.92. The average molecular weight is 298 g/mol. The largest absolute Gasteiger partial charge is 0.490 e. The van der Waals surface area contributed by atoms with Crippen LogP contribution in [0, 0.1) is 10.1 Å². The fourth-order valence-electron chi connectivity index (χ4n) is 1.92. The maximum atomic E-state index is 12.2. The van der Waals surface area contributed by atoms with E-state index in [0.29, 0.717) is 0 Å². The summed E-state index contributed by atoms with van der Waals surface area (Å²) in [5.74, 6) is -0.581. The number of nitro groups is 1. The predicted molar refractivity (Wildman–Crippen MR) is 74.4 cm³/mol. The lowest BCUT2D eigenvalue weighted by atomic mass is 10.1. The van der Waals surface area contributed by atoms with Gasteiger partial charge in [-0.1, -0.05) is 6.07 Å². The van der Waals surface area contributed by atoms with E-state index in [2.05, 4.69) is 5.32 Å². The zero-order chi connectivity index (χ0) is 16.0. The van der Waals surface area contributed by atoms with Crippen LogP contribution in [-0.4, -0.2) is 44.5 Å². The van der Waals surface area contributed by atoms with Gasteiger partial charge in [-0.2, -0.15) is 0 Å². The minimum absolute atomic E-state index is 0.0235. The van der Waals surface area contributed by atoms with Crippen molar-refractivity contribution < 1.29 is 23.9 Å². The minimum atomic E-state index is -0.654. The maximum Gasteiger partial charge on any atom is 0.323 e. The monoisotopic (exact) mass is 298 g/mol. The number of methoxy groups -OCH3 is 3. The molecule has 1 N–H and O–H groups in total. The Morgan fingerprint density at radius 2 is 1.90 bits per heavy atom. The van der Waals surface area contributed by atoms with Crippen LogP contribution in [0.5, 0.6) is 5.75 Å². The second-order valence-corrected chi connectivity index (χ2v) is 4.22. The lowest BCUT2D eigenvalue weighted by Gasteiger charge is -2.22. The number of para-hydroxylation sites is 1. The highest BCUT2D eigenvalue weighted by Gasteiger charge is 2.27. The highest BCUT2D eigenvalue weighted by molar-refractivity contribution is 5.99. The standard InChI is InChI=1S/C13H18N2O6/c1-8(13(20-3)21-4)14-12(16)9-6-5-7-10(19-2)11(9)15(17)18/h5-8,13H,1-4H3,(H,14,16). The fraction of sp³-hybridized carbons (Fsp3) is 0.462. The summed E-state index contributed by atoms with van der Waals surface area (Å²) in [5.41, 5.74) is -0.465. The van der Waals surface area contributed by atoms with Gasteiger partial charge in [-0.25, -0.2) is 0 Å². The summed E-state index contributed by atoms with van der Waals surface area (Å²) in [4.78, 5) is 22.7. The minimum Gasteiger partial charge on any atom is -0.490 e. The number of benzene rings is 1. The van der Waals surface area contributed by atoms with Crippen LogP contribution in [0.25, 0.3) is 0 Å². The molecule has 8 nitrogen and oxygen atoms in total. The van der Waals surface area contributed by atoms with Gasteiger partial charge in [0.15, 0.2) is 12.0 Å². The summed E-state index contributed by atoms with van der Waals surface area (Å²) in [6.45, 7) is 1.67. The molecular weight excluding hydrogens is 280 g/mol. The van der Waals surface area contributed by atoms with E-state index in [9.17, 15) is 14.9 Å². The van der Waals surface area contributed by atoms with Crippen molar-refractivity contribution in [3.8, 4) is 5.75 Å². The zero-order valence-electron chi connectivity index (χ0n) is 12.3. The molecule has 0 aliphatic carbocycles. The van der Waals surface area contributed by atoms with E-state index < -0.39 is 23.2 Å². The van der Waals surface area contributed by atoms with Gasteiger partial charge in [0, 0.05) is 14.2 Å². The summed E-state index contributed by atoms with van der Waals surface area (Å²) in [7, 11) is 4.17. The lowest BCUT2D eigenvalue weighted by Crippen LogP contribution is -2.43. The quantitative estimate of drug-likeness (QED) is 0.463. The van der Waals surface area contributed by atoms with Crippen molar-refractivity contribution in [2.45, 2.75) is 19.3 Å². The maximum absolute atomic E-state index is 12.2. The average Bonchev–Trinajstić information content (AvgIpc) is 2.47. The van der Waals surface area contributed by atoms with Crippen LogP contribution in [0.3, 0.4) is 0 Å². The Morgan fingerprint density at radius 3 is 2.38 bits per heavy atom. The van der Waals surface area contributed by atoms with Crippen molar-refractivity contribution in [2.75, 3.05) is 21.3 Å². The first kappa shape index (κ1) is 16.9. The predicted octanol–water partition coefficient (Wildman–Crippen LogP) is 1.34. The van der Waals surface area contributed by atoms with Gasteiger partial charge < -0.3 is 19.5 Å². The lowest BCUT2D eigenvalue weighted by molar-refractivity contribution is -0.386. The molecule has 1 atom stereocenters. The van der Waals surface area contributed by atoms with Crippen LogP contribution >= 0.6 is 0 Å². The molecule has 0 aromatic heterocycles. The molecule has 0 saturated heterocycles. The molecule has 1 rings (SSSR count). The van der Waals surface area contributed by atoms with Gasteiger partial charge in [-0.3, -0.25) is 14.9 Å². The Hall–Kier alpha value is -2.19. The van der Waals surface area contributed by atoms with Crippen LogP contribution in [0.2, 0.25) is 0 Å². The van der Waals surface area contributed by atoms with Gasteiger partial charge >= 0.3 is 5.69 Å². The molecule has 0 radical (unpaired) electrons. The third kappa shape index (κ3) is 3.89. The van der Waals surface area contributed by atoms with E-state index in [1.165, 1.54) is 39.5 Å². The Morgan fingerprint density at radius 1 is 1.29 bits per heavy atom. The highest BCUT2D eigenvalue weighted by atomic mass is 16.7. The van der Waals surface area contributed by atoms with E-state index in [1.54, 1.807) is 6.92 Å². The van der Waals surface area contributed by atoms with E-state index in [4.69, 9.17) is 14.2 Å². The third-order valence-electron chi connectivity index (χ3n) is 2.88. The smallest absolute Gasteiger partial charge is 0.323 e. The van der Waals surface area contributed by atoms with Crippen LogP contribution < -0.4 is 10.1 Å². The van der Waals surface area contributed by atoms with Gasteiger partial charge in [-0.05, 0) is 19.1 Å². The summed E-state index contributed by atoms with van der Waals surface area (Å²) < 4.78 is 15.0. The molecule has 0 aliphatic heterocycles. The first-order valence-electron chi connectivity index (χ1n) is 6.14. The number of hydrogen-bond acceptors (Lipinski definition) is 6. The second kappa shape index (κ2) is 7.55. The molecule has 0 fully saturated rings. The van der Waals surface area contributed by atoms with E-state index >= 15 is 0 Å². The number of nitro benzene ring substituents is 1. The molecule has 1 aromatic carbocycles. The molecule has 116 valence electrons. The number of rotatable bonds is 7. The number of ether oxygens (including phenoxy) is 3. The van der Waals surface area contributed by atoms with Crippen molar-refractivity contribution >= 4 is 11.6 Å². The van der Waals surface area contributed by atoms with Crippen molar-refractivity contribution in [3.05, 3.63) is 33.9 Å². The molecule has 1 unspecified atom stereocenters. The summed E-state index contributed by atoms with van der Waals surface area (Å²) in [6.07, 6.45) is -0.654. The van der Waals surface area contributed by atoms with Crippen molar-refractivity contribution in [1.82, 2.24) is 5.32 Å². The zero-order valence-corrected chi connectivity index (χ0v) is 12.3. The number of nitrogens with one attached hydrogen (secondary N) is 1. The Labute approximate surface area is 122 Å². The van der Waals surface area contributed by atoms with E-state index in [1.807, 2.05) is 0 Å². The molecule has 21 heavy (non-hydrogen) atoms. The Kier molecular flexibility index (Phi) is 6.07. The second-order valence-electron chi connectivity index (χ2n) is 4.22. The van der Waals surface area contributed by atoms with E-state index in [-0.39, 0.29) is 17.0 Å². The van der Waals surface area contributed by atoms with Crippen LogP contribution in [-0.2, 0) is 9.47 Å². The van der Waals surface area contributed by atoms with Crippen LogP contribution in [0.15, 0.2) is 18.2 Å². The number of nitrogens with zero attached hydrogens (tertiary/aromatic N) is 1. The SMILES string of the molecule is COc1cccc(C(=O)NC(C)C(OC)OC)c1[N+](=O)[O-]. The van der Waals surface area contributed by atoms with Gasteiger partial charge in [-0.15, -0.1) is 0 Å². The van der Waals surface area contributed by atoms with E-state index in [0.717, 1.165) is 0 Å². The van der Waals surface area contributed by atoms with Crippen LogP contribution in [0.4, 0.5) is 5.69 Å². The summed E-state index contributed by atoms with van der Waals surface area (Å²) in [5, 5.41) is 13.7. The van der Waals surface area contributed by atoms with Crippen LogP contribution in [0.1, 0.15) is 17.3 Å². The molecule has 0 spiro atoms. The number of carbonyl (C=O) groups is 1.